The predicted octanol–water partition coefficient (Wildman–Crippen LogP) is 3.70. The molecule has 0 radical (unpaired) electrons. The summed E-state index contributed by atoms with van der Waals surface area (Å²) in [7, 11) is 0. The molecule has 1 aromatic heterocycles. The molecule has 0 bridgehead atoms. The molecule has 1 N–H and O–H groups in total. The lowest BCUT2D eigenvalue weighted by Crippen LogP contribution is -2.35. The fraction of sp³-hybridized carbons (Fsp3) is 0.316. The molecule has 2 aromatic rings. The van der Waals surface area contributed by atoms with Gasteiger partial charge in [-0.2, -0.15) is 5.26 Å². The highest BCUT2D eigenvalue weighted by Crippen LogP contribution is 2.37. The average molecular weight is 369 g/mol. The first-order valence-corrected chi connectivity index (χ1v) is 9.19. The number of fused-ring (bicyclic) bond motifs is 1. The van der Waals surface area contributed by atoms with Crippen molar-refractivity contribution in [3.8, 4) is 6.07 Å². The van der Waals surface area contributed by atoms with Gasteiger partial charge >= 0.3 is 6.09 Å². The standard InChI is InChI=1S/C19H19N3O3S/c1-3-25-19(24)22-9-8-14-15(10-20)18(26-16(14)11-22)21-17(23)13-6-4-12(2)5-7-13/h4-7H,3,8-9,11H2,1-2H3,(H,21,23). The number of nitrogens with zero attached hydrogens (tertiary/aromatic N) is 2. The summed E-state index contributed by atoms with van der Waals surface area (Å²) in [6.07, 6.45) is 0.226. The van der Waals surface area contributed by atoms with Gasteiger partial charge in [0, 0.05) is 17.0 Å². The summed E-state index contributed by atoms with van der Waals surface area (Å²) in [6.45, 7) is 4.95. The van der Waals surface area contributed by atoms with Crippen molar-refractivity contribution in [1.29, 1.82) is 5.26 Å². The van der Waals surface area contributed by atoms with E-state index in [4.69, 9.17) is 4.74 Å². The molecule has 0 unspecified atom stereocenters. The van der Waals surface area contributed by atoms with Crippen LogP contribution in [0.3, 0.4) is 0 Å². The quantitative estimate of drug-likeness (QED) is 0.894. The van der Waals surface area contributed by atoms with Gasteiger partial charge in [0.1, 0.15) is 11.1 Å². The lowest BCUT2D eigenvalue weighted by atomic mass is 10.0. The number of benzene rings is 1. The third-order valence-corrected chi connectivity index (χ3v) is 5.37. The van der Waals surface area contributed by atoms with Crippen molar-refractivity contribution in [3.05, 3.63) is 51.4 Å². The van der Waals surface area contributed by atoms with Crippen LogP contribution >= 0.6 is 11.3 Å². The Morgan fingerprint density at radius 1 is 1.35 bits per heavy atom. The van der Waals surface area contributed by atoms with E-state index < -0.39 is 0 Å². The first-order valence-electron chi connectivity index (χ1n) is 8.37. The van der Waals surface area contributed by atoms with E-state index in [1.54, 1.807) is 24.0 Å². The van der Waals surface area contributed by atoms with Crippen molar-refractivity contribution in [2.45, 2.75) is 26.8 Å². The van der Waals surface area contributed by atoms with Crippen LogP contribution in [0.2, 0.25) is 0 Å². The molecule has 0 saturated carbocycles. The summed E-state index contributed by atoms with van der Waals surface area (Å²) in [5.41, 5.74) is 3.02. The van der Waals surface area contributed by atoms with Gasteiger partial charge < -0.3 is 15.0 Å². The van der Waals surface area contributed by atoms with Crippen molar-refractivity contribution in [3.63, 3.8) is 0 Å². The maximum Gasteiger partial charge on any atom is 0.410 e. The van der Waals surface area contributed by atoms with Gasteiger partial charge in [-0.05, 0) is 38.0 Å². The Bertz CT molecular complexity index is 881. The second-order valence-electron chi connectivity index (χ2n) is 6.01. The van der Waals surface area contributed by atoms with Crippen LogP contribution < -0.4 is 5.32 Å². The number of ether oxygens (including phenoxy) is 1. The van der Waals surface area contributed by atoms with Crippen molar-refractivity contribution < 1.29 is 14.3 Å². The van der Waals surface area contributed by atoms with Gasteiger partial charge in [0.25, 0.3) is 5.91 Å². The molecular weight excluding hydrogens is 350 g/mol. The zero-order valence-corrected chi connectivity index (χ0v) is 15.5. The summed E-state index contributed by atoms with van der Waals surface area (Å²) in [4.78, 5) is 26.9. The summed E-state index contributed by atoms with van der Waals surface area (Å²) >= 11 is 1.35. The van der Waals surface area contributed by atoms with Gasteiger partial charge in [0.15, 0.2) is 0 Å². The van der Waals surface area contributed by atoms with Gasteiger partial charge in [-0.1, -0.05) is 17.7 Å². The van der Waals surface area contributed by atoms with Crippen LogP contribution in [0, 0.1) is 18.3 Å². The van der Waals surface area contributed by atoms with Crippen LogP contribution in [0.4, 0.5) is 9.80 Å². The molecule has 3 rings (SSSR count). The first kappa shape index (κ1) is 18.0. The first-order chi connectivity index (χ1) is 12.5. The molecule has 1 aliphatic rings. The normalized spacial score (nSPS) is 12.9. The van der Waals surface area contributed by atoms with Gasteiger partial charge in [0.2, 0.25) is 0 Å². The molecule has 1 aliphatic heterocycles. The van der Waals surface area contributed by atoms with Crippen LogP contribution in [0.25, 0.3) is 0 Å². The molecular formula is C19H19N3O3S. The highest BCUT2D eigenvalue weighted by molar-refractivity contribution is 7.16. The van der Waals surface area contributed by atoms with Gasteiger partial charge in [-0.3, -0.25) is 4.79 Å². The molecule has 7 heteroatoms. The van der Waals surface area contributed by atoms with E-state index in [0.717, 1.165) is 16.0 Å². The lowest BCUT2D eigenvalue weighted by molar-refractivity contribution is 0.102. The Hall–Kier alpha value is -2.85. The summed E-state index contributed by atoms with van der Waals surface area (Å²) in [5, 5.41) is 12.9. The Morgan fingerprint density at radius 3 is 2.73 bits per heavy atom. The molecule has 134 valence electrons. The molecule has 2 heterocycles. The number of carbonyl (C=O) groups is 2. The van der Waals surface area contributed by atoms with Crippen LogP contribution in [0.1, 0.15) is 38.8 Å². The van der Waals surface area contributed by atoms with E-state index in [2.05, 4.69) is 11.4 Å². The van der Waals surface area contributed by atoms with Gasteiger partial charge in [0.05, 0.1) is 18.7 Å². The predicted molar refractivity (Wildman–Crippen MR) is 99.3 cm³/mol. The van der Waals surface area contributed by atoms with Crippen LogP contribution in [0.15, 0.2) is 24.3 Å². The smallest absolute Gasteiger partial charge is 0.410 e. The minimum atomic E-state index is -0.352. The number of nitrogens with one attached hydrogen (secondary N) is 1. The molecule has 0 saturated heterocycles. The SMILES string of the molecule is CCOC(=O)N1CCc2c(sc(NC(=O)c3ccc(C)cc3)c2C#N)C1. The highest BCUT2D eigenvalue weighted by atomic mass is 32.1. The van der Waals surface area contributed by atoms with Crippen LogP contribution in [-0.2, 0) is 17.7 Å². The fourth-order valence-electron chi connectivity index (χ4n) is 2.86. The maximum absolute atomic E-state index is 12.5. The molecule has 6 nitrogen and oxygen atoms in total. The van der Waals surface area contributed by atoms with Crippen molar-refractivity contribution >= 4 is 28.3 Å². The lowest BCUT2D eigenvalue weighted by Gasteiger charge is -2.25. The number of carbonyl (C=O) groups excluding carboxylic acids is 2. The molecule has 2 amide bonds. The van der Waals surface area contributed by atoms with Crippen molar-refractivity contribution in [2.75, 3.05) is 18.5 Å². The summed E-state index contributed by atoms with van der Waals surface area (Å²) < 4.78 is 5.05. The number of rotatable bonds is 3. The molecule has 0 aliphatic carbocycles. The van der Waals surface area contributed by atoms with Crippen molar-refractivity contribution in [2.24, 2.45) is 0 Å². The number of hydrogen-bond donors (Lipinski definition) is 1. The minimum absolute atomic E-state index is 0.248. The third kappa shape index (κ3) is 3.55. The van der Waals surface area contributed by atoms with E-state index in [0.29, 0.717) is 42.2 Å². The fourth-order valence-corrected chi connectivity index (χ4v) is 4.07. The average Bonchev–Trinajstić information content (AvgIpc) is 2.98. The van der Waals surface area contributed by atoms with E-state index in [9.17, 15) is 14.9 Å². The Morgan fingerprint density at radius 2 is 2.08 bits per heavy atom. The number of anilines is 1. The summed E-state index contributed by atoms with van der Waals surface area (Å²) in [6, 6.07) is 9.46. The maximum atomic E-state index is 12.5. The zero-order valence-electron chi connectivity index (χ0n) is 14.7. The largest absolute Gasteiger partial charge is 0.450 e. The van der Waals surface area contributed by atoms with E-state index in [1.807, 2.05) is 19.1 Å². The van der Waals surface area contributed by atoms with E-state index in [-0.39, 0.29) is 12.0 Å². The van der Waals surface area contributed by atoms with E-state index >= 15 is 0 Å². The monoisotopic (exact) mass is 369 g/mol. The van der Waals surface area contributed by atoms with Crippen LogP contribution in [0.5, 0.6) is 0 Å². The Balaban J connectivity index is 1.82. The van der Waals surface area contributed by atoms with Gasteiger partial charge in [-0.25, -0.2) is 4.79 Å². The van der Waals surface area contributed by atoms with Gasteiger partial charge in [-0.15, -0.1) is 11.3 Å². The second-order valence-corrected chi connectivity index (χ2v) is 7.12. The topological polar surface area (TPSA) is 82.4 Å². The number of nitriles is 1. The summed E-state index contributed by atoms with van der Waals surface area (Å²) in [5.74, 6) is -0.248. The molecule has 0 fully saturated rings. The van der Waals surface area contributed by atoms with E-state index in [1.165, 1.54) is 11.3 Å². The number of hydrogen-bond acceptors (Lipinski definition) is 5. The molecule has 1 aromatic carbocycles. The molecule has 26 heavy (non-hydrogen) atoms. The molecule has 0 spiro atoms. The third-order valence-electron chi connectivity index (χ3n) is 4.24. The highest BCUT2D eigenvalue weighted by Gasteiger charge is 2.28. The van der Waals surface area contributed by atoms with Crippen LogP contribution in [-0.4, -0.2) is 30.1 Å². The number of thiophene rings is 1. The zero-order chi connectivity index (χ0) is 18.7. The Labute approximate surface area is 156 Å². The minimum Gasteiger partial charge on any atom is -0.450 e. The number of aryl methyl sites for hydroxylation is 1. The Kier molecular flexibility index (Phi) is 5.24. The van der Waals surface area contributed by atoms with Crippen molar-refractivity contribution in [1.82, 2.24) is 4.90 Å². The molecule has 0 atom stereocenters. The number of amides is 2. The second kappa shape index (κ2) is 7.58.